The van der Waals surface area contributed by atoms with Gasteiger partial charge >= 0.3 is 0 Å². The second kappa shape index (κ2) is 12.9. The Hall–Kier alpha value is -7.82. The fourth-order valence-corrected chi connectivity index (χ4v) is 8.78. The van der Waals surface area contributed by atoms with Crippen LogP contribution in [0, 0.1) is 0 Å². The molecule has 4 heteroatoms. The van der Waals surface area contributed by atoms with Gasteiger partial charge in [-0.05, 0) is 85.9 Å². The predicted molar refractivity (Wildman–Crippen MR) is 242 cm³/mol. The van der Waals surface area contributed by atoms with Crippen LogP contribution in [0.1, 0.15) is 0 Å². The van der Waals surface area contributed by atoms with Gasteiger partial charge in [0.05, 0.1) is 39.1 Å². The van der Waals surface area contributed by atoms with E-state index in [9.17, 15) is 0 Å². The van der Waals surface area contributed by atoms with Gasteiger partial charge in [0.1, 0.15) is 0 Å². The van der Waals surface area contributed by atoms with Crippen LogP contribution in [0.25, 0.3) is 121 Å². The van der Waals surface area contributed by atoms with Gasteiger partial charge in [0.25, 0.3) is 0 Å². The van der Waals surface area contributed by atoms with Gasteiger partial charge in [-0.25, -0.2) is 15.0 Å². The van der Waals surface area contributed by atoms with Crippen molar-refractivity contribution in [2.45, 2.75) is 0 Å². The Kier molecular flexibility index (Phi) is 7.20. The SMILES string of the molecule is c1ccc2c(c1)cc(-c1ccc3ccc(-c4ccc5ccc(-c6ccc(-c7ccc8ccc9cccnc9c8n7)c7ccccc67)nc5c4)nc3c1)c1ccccc12. The van der Waals surface area contributed by atoms with Crippen LogP contribution in [0.3, 0.4) is 0 Å². The number of benzene rings is 8. The number of rotatable bonds is 4. The smallest absolute Gasteiger partial charge is 0.0972 e. The van der Waals surface area contributed by atoms with Gasteiger partial charge in [-0.2, -0.15) is 0 Å². The highest BCUT2D eigenvalue weighted by molar-refractivity contribution is 6.14. The molecule has 268 valence electrons. The minimum absolute atomic E-state index is 0.913. The molecular formula is C54H32N4. The molecular weight excluding hydrogens is 705 g/mol. The first kappa shape index (κ1) is 32.4. The lowest BCUT2D eigenvalue weighted by molar-refractivity contribution is 1.37. The van der Waals surface area contributed by atoms with Crippen molar-refractivity contribution in [1.29, 1.82) is 0 Å². The van der Waals surface area contributed by atoms with E-state index in [1.54, 1.807) is 0 Å². The first-order chi connectivity index (χ1) is 28.7. The van der Waals surface area contributed by atoms with E-state index in [-0.39, 0.29) is 0 Å². The minimum atomic E-state index is 0.913. The predicted octanol–water partition coefficient (Wildman–Crippen LogP) is 14.0. The van der Waals surface area contributed by atoms with E-state index in [4.69, 9.17) is 15.0 Å². The standard InChI is InChI=1S/C54H32N4/c1-2-10-40-37(8-1)30-47(44-14-6-3-11-41(40)44)38-19-15-33-21-26-48(56-51(33)31-38)39-20-16-34-22-27-49(57-52(34)32-39)45-24-25-46(43-13-5-4-12-42(43)45)50-28-23-36-18-17-35-9-7-29-55-53(35)54(36)58-50/h1-32H. The molecule has 0 aliphatic rings. The Morgan fingerprint density at radius 2 is 0.776 bits per heavy atom. The normalized spacial score (nSPS) is 11.8. The molecule has 4 heterocycles. The second-order valence-corrected chi connectivity index (χ2v) is 15.0. The molecule has 0 saturated heterocycles. The highest BCUT2D eigenvalue weighted by Gasteiger charge is 2.15. The van der Waals surface area contributed by atoms with E-state index in [0.29, 0.717) is 0 Å². The van der Waals surface area contributed by atoms with Crippen molar-refractivity contribution in [3.05, 3.63) is 194 Å². The lowest BCUT2D eigenvalue weighted by Gasteiger charge is -2.13. The van der Waals surface area contributed by atoms with Crippen LogP contribution in [-0.2, 0) is 0 Å². The summed E-state index contributed by atoms with van der Waals surface area (Å²) < 4.78 is 0. The lowest BCUT2D eigenvalue weighted by atomic mass is 9.93. The number of nitrogens with zero attached hydrogens (tertiary/aromatic N) is 4. The zero-order valence-electron chi connectivity index (χ0n) is 31.3. The lowest BCUT2D eigenvalue weighted by Crippen LogP contribution is -1.92. The summed E-state index contributed by atoms with van der Waals surface area (Å²) in [4.78, 5) is 20.4. The average molecular weight is 737 g/mol. The Morgan fingerprint density at radius 3 is 1.52 bits per heavy atom. The van der Waals surface area contributed by atoms with E-state index < -0.39 is 0 Å². The summed E-state index contributed by atoms with van der Waals surface area (Å²) in [7, 11) is 0. The van der Waals surface area contributed by atoms with Crippen molar-refractivity contribution in [2.24, 2.45) is 0 Å². The van der Waals surface area contributed by atoms with Gasteiger partial charge in [0, 0.05) is 44.4 Å². The summed E-state index contributed by atoms with van der Waals surface area (Å²) in [5.41, 5.74) is 12.1. The molecule has 0 atom stereocenters. The zero-order valence-corrected chi connectivity index (χ0v) is 31.3. The molecule has 8 aromatic carbocycles. The molecule has 4 aromatic heterocycles. The third-order valence-corrected chi connectivity index (χ3v) is 11.7. The molecule has 4 nitrogen and oxygen atoms in total. The van der Waals surface area contributed by atoms with Crippen LogP contribution in [0.15, 0.2) is 194 Å². The molecule has 0 amide bonds. The van der Waals surface area contributed by atoms with E-state index >= 15 is 0 Å². The fraction of sp³-hybridized carbons (Fsp3) is 0. The van der Waals surface area contributed by atoms with Crippen LogP contribution >= 0.6 is 0 Å². The summed E-state index contributed by atoms with van der Waals surface area (Å²) in [5.74, 6) is 0. The van der Waals surface area contributed by atoms with Crippen molar-refractivity contribution in [1.82, 2.24) is 19.9 Å². The van der Waals surface area contributed by atoms with Gasteiger partial charge in [0.15, 0.2) is 0 Å². The topological polar surface area (TPSA) is 51.6 Å². The van der Waals surface area contributed by atoms with Crippen LogP contribution in [-0.4, -0.2) is 19.9 Å². The van der Waals surface area contributed by atoms with Gasteiger partial charge in [-0.3, -0.25) is 4.98 Å². The molecule has 0 unspecified atom stereocenters. The van der Waals surface area contributed by atoms with Crippen molar-refractivity contribution in [3.63, 3.8) is 0 Å². The number of pyridine rings is 4. The Labute approximate surface area is 333 Å². The van der Waals surface area contributed by atoms with Gasteiger partial charge in [-0.1, -0.05) is 146 Å². The van der Waals surface area contributed by atoms with Crippen LogP contribution < -0.4 is 0 Å². The number of fused-ring (bicyclic) bond motifs is 9. The van der Waals surface area contributed by atoms with Crippen molar-refractivity contribution < 1.29 is 0 Å². The summed E-state index contributed by atoms with van der Waals surface area (Å²) >= 11 is 0. The molecule has 0 radical (unpaired) electrons. The van der Waals surface area contributed by atoms with Gasteiger partial charge in [0.2, 0.25) is 0 Å². The van der Waals surface area contributed by atoms with Gasteiger partial charge in [-0.15, -0.1) is 0 Å². The van der Waals surface area contributed by atoms with Crippen molar-refractivity contribution in [2.75, 3.05) is 0 Å². The Morgan fingerprint density at radius 1 is 0.276 bits per heavy atom. The molecule has 0 aliphatic heterocycles. The maximum Gasteiger partial charge on any atom is 0.0972 e. The van der Waals surface area contributed by atoms with Crippen LogP contribution in [0.4, 0.5) is 0 Å². The van der Waals surface area contributed by atoms with E-state index in [0.717, 1.165) is 93.7 Å². The zero-order chi connectivity index (χ0) is 38.2. The average Bonchev–Trinajstić information content (AvgIpc) is 3.30. The fourth-order valence-electron chi connectivity index (χ4n) is 8.78. The van der Waals surface area contributed by atoms with Gasteiger partial charge < -0.3 is 0 Å². The maximum absolute atomic E-state index is 5.28. The third kappa shape index (κ3) is 5.23. The Bertz CT molecular complexity index is 3650. The maximum atomic E-state index is 5.28. The molecule has 0 aliphatic carbocycles. The highest BCUT2D eigenvalue weighted by atomic mass is 14.8. The van der Waals surface area contributed by atoms with E-state index in [1.165, 1.54) is 27.1 Å². The van der Waals surface area contributed by atoms with Crippen molar-refractivity contribution >= 4 is 75.9 Å². The largest absolute Gasteiger partial charge is 0.254 e. The first-order valence-corrected chi connectivity index (χ1v) is 19.6. The summed E-state index contributed by atoms with van der Waals surface area (Å²) in [6, 6.07) is 66.8. The summed E-state index contributed by atoms with van der Waals surface area (Å²) in [6.07, 6.45) is 1.84. The molecule has 0 bridgehead atoms. The first-order valence-electron chi connectivity index (χ1n) is 19.6. The molecule has 0 N–H and O–H groups in total. The minimum Gasteiger partial charge on any atom is -0.254 e. The number of hydrogen-bond donors (Lipinski definition) is 0. The quantitative estimate of drug-likeness (QED) is 0.169. The monoisotopic (exact) mass is 736 g/mol. The van der Waals surface area contributed by atoms with E-state index in [2.05, 4.69) is 187 Å². The van der Waals surface area contributed by atoms with Crippen molar-refractivity contribution in [3.8, 4) is 44.9 Å². The van der Waals surface area contributed by atoms with Crippen LogP contribution in [0.2, 0.25) is 0 Å². The molecule has 0 fully saturated rings. The molecule has 12 aromatic rings. The molecule has 0 saturated carbocycles. The van der Waals surface area contributed by atoms with Crippen LogP contribution in [0.5, 0.6) is 0 Å². The molecule has 0 spiro atoms. The molecule has 12 rings (SSSR count). The second-order valence-electron chi connectivity index (χ2n) is 15.0. The highest BCUT2D eigenvalue weighted by Crippen LogP contribution is 2.38. The number of hydrogen-bond acceptors (Lipinski definition) is 4. The Balaban J connectivity index is 0.933. The number of aromatic nitrogens is 4. The third-order valence-electron chi connectivity index (χ3n) is 11.7. The summed E-state index contributed by atoms with van der Waals surface area (Å²) in [6.45, 7) is 0. The summed E-state index contributed by atoms with van der Waals surface area (Å²) in [5, 5.41) is 11.6. The van der Waals surface area contributed by atoms with E-state index in [1.807, 2.05) is 12.3 Å². The molecule has 58 heavy (non-hydrogen) atoms.